The molecule has 0 spiro atoms. The number of aromatic nitrogens is 2. The first-order valence-electron chi connectivity index (χ1n) is 8.06. The zero-order valence-corrected chi connectivity index (χ0v) is 13.8. The number of carbonyl (C=O) groups excluding carboxylic acids is 2. The van der Waals surface area contributed by atoms with Crippen molar-refractivity contribution >= 4 is 11.8 Å². The van der Waals surface area contributed by atoms with Gasteiger partial charge < -0.3 is 10.2 Å². The summed E-state index contributed by atoms with van der Waals surface area (Å²) in [6, 6.07) is 9.68. The maximum absolute atomic E-state index is 12.7. The van der Waals surface area contributed by atoms with Crippen molar-refractivity contribution in [1.29, 1.82) is 0 Å². The van der Waals surface area contributed by atoms with Crippen LogP contribution in [-0.2, 0) is 11.3 Å². The molecule has 6 nitrogen and oxygen atoms in total. The second-order valence-corrected chi connectivity index (χ2v) is 5.40. The number of hydrogen-bond acceptors (Lipinski definition) is 4. The molecule has 1 N–H and O–H groups in total. The molecule has 0 aliphatic rings. The molecule has 2 rings (SSSR count). The lowest BCUT2D eigenvalue weighted by Crippen LogP contribution is -2.35. The van der Waals surface area contributed by atoms with Gasteiger partial charge in [-0.2, -0.15) is 0 Å². The lowest BCUT2D eigenvalue weighted by molar-refractivity contribution is -0.121. The van der Waals surface area contributed by atoms with Gasteiger partial charge in [-0.05, 0) is 12.0 Å². The van der Waals surface area contributed by atoms with Gasteiger partial charge in [0.25, 0.3) is 5.91 Å². The summed E-state index contributed by atoms with van der Waals surface area (Å²) < 4.78 is 0. The highest BCUT2D eigenvalue weighted by Gasteiger charge is 2.18. The quantitative estimate of drug-likeness (QED) is 0.805. The molecule has 0 atom stereocenters. The van der Waals surface area contributed by atoms with E-state index in [9.17, 15) is 9.59 Å². The second-order valence-electron chi connectivity index (χ2n) is 5.40. The second kappa shape index (κ2) is 9.39. The van der Waals surface area contributed by atoms with Crippen molar-refractivity contribution < 1.29 is 9.59 Å². The van der Waals surface area contributed by atoms with Gasteiger partial charge in [0.1, 0.15) is 5.69 Å². The SMILES string of the molecule is CCCNC(=O)CCN(Cc1ccccc1)C(=O)c1cnccn1. The van der Waals surface area contributed by atoms with Gasteiger partial charge in [0.15, 0.2) is 0 Å². The van der Waals surface area contributed by atoms with Crippen molar-refractivity contribution in [3.8, 4) is 0 Å². The minimum Gasteiger partial charge on any atom is -0.356 e. The Balaban J connectivity index is 2.06. The molecule has 0 unspecified atom stereocenters. The molecule has 0 aliphatic carbocycles. The molecule has 2 aromatic rings. The number of hydrogen-bond donors (Lipinski definition) is 1. The molecular weight excluding hydrogens is 304 g/mol. The third-order valence-corrected chi connectivity index (χ3v) is 3.47. The van der Waals surface area contributed by atoms with Crippen molar-refractivity contribution in [1.82, 2.24) is 20.2 Å². The monoisotopic (exact) mass is 326 g/mol. The summed E-state index contributed by atoms with van der Waals surface area (Å²) in [6.45, 7) is 3.41. The first-order chi connectivity index (χ1) is 11.7. The Morgan fingerprint density at radius 1 is 1.17 bits per heavy atom. The highest BCUT2D eigenvalue weighted by Crippen LogP contribution is 2.09. The Morgan fingerprint density at radius 3 is 2.62 bits per heavy atom. The molecule has 24 heavy (non-hydrogen) atoms. The Labute approximate surface area is 141 Å². The summed E-state index contributed by atoms with van der Waals surface area (Å²) in [5, 5.41) is 2.83. The lowest BCUT2D eigenvalue weighted by Gasteiger charge is -2.22. The number of benzene rings is 1. The molecule has 1 heterocycles. The Morgan fingerprint density at radius 2 is 1.96 bits per heavy atom. The average molecular weight is 326 g/mol. The predicted molar refractivity (Wildman–Crippen MR) is 91.1 cm³/mol. The van der Waals surface area contributed by atoms with Crippen molar-refractivity contribution in [2.24, 2.45) is 0 Å². The third kappa shape index (κ3) is 5.46. The minimum atomic E-state index is -0.227. The molecule has 0 bridgehead atoms. The summed E-state index contributed by atoms with van der Waals surface area (Å²) in [5.41, 5.74) is 1.28. The van der Waals surface area contributed by atoms with Crippen molar-refractivity contribution in [3.05, 3.63) is 60.2 Å². The van der Waals surface area contributed by atoms with E-state index in [1.165, 1.54) is 18.6 Å². The summed E-state index contributed by atoms with van der Waals surface area (Å²) in [7, 11) is 0. The Bertz CT molecular complexity index is 647. The molecule has 0 aliphatic heterocycles. The predicted octanol–water partition coefficient (Wildman–Crippen LogP) is 2.04. The molecule has 6 heteroatoms. The third-order valence-electron chi connectivity index (χ3n) is 3.47. The van der Waals surface area contributed by atoms with Gasteiger partial charge in [-0.1, -0.05) is 37.3 Å². The Kier molecular flexibility index (Phi) is 6.89. The lowest BCUT2D eigenvalue weighted by atomic mass is 10.2. The number of amides is 2. The smallest absolute Gasteiger partial charge is 0.274 e. The Hall–Kier alpha value is -2.76. The summed E-state index contributed by atoms with van der Waals surface area (Å²) in [6.07, 6.45) is 5.60. The standard InChI is InChI=1S/C18H22N4O2/c1-2-9-21-17(23)8-12-22(14-15-6-4-3-5-7-15)18(24)16-13-19-10-11-20-16/h3-7,10-11,13H,2,8-9,12,14H2,1H3,(H,21,23). The van der Waals surface area contributed by atoms with E-state index < -0.39 is 0 Å². The number of nitrogens with zero attached hydrogens (tertiary/aromatic N) is 3. The van der Waals surface area contributed by atoms with Crippen LogP contribution in [0, 0.1) is 0 Å². The van der Waals surface area contributed by atoms with E-state index in [0.29, 0.717) is 19.6 Å². The van der Waals surface area contributed by atoms with Crippen LogP contribution in [0.1, 0.15) is 35.8 Å². The molecule has 0 saturated heterocycles. The van der Waals surface area contributed by atoms with Crippen LogP contribution in [-0.4, -0.2) is 39.8 Å². The zero-order valence-electron chi connectivity index (χ0n) is 13.8. The van der Waals surface area contributed by atoms with E-state index in [4.69, 9.17) is 0 Å². The largest absolute Gasteiger partial charge is 0.356 e. The number of carbonyl (C=O) groups is 2. The van der Waals surface area contributed by atoms with Crippen LogP contribution in [0.2, 0.25) is 0 Å². The van der Waals surface area contributed by atoms with Crippen LogP contribution in [0.25, 0.3) is 0 Å². The van der Waals surface area contributed by atoms with Crippen LogP contribution in [0.5, 0.6) is 0 Å². The fraction of sp³-hybridized carbons (Fsp3) is 0.333. The number of nitrogens with one attached hydrogen (secondary N) is 1. The topological polar surface area (TPSA) is 75.2 Å². The fourth-order valence-electron chi connectivity index (χ4n) is 2.22. The van der Waals surface area contributed by atoms with Gasteiger partial charge in [0, 0.05) is 38.4 Å². The summed E-state index contributed by atoms with van der Waals surface area (Å²) in [5.74, 6) is -0.280. The van der Waals surface area contributed by atoms with Gasteiger partial charge in [0.2, 0.25) is 5.91 Å². The van der Waals surface area contributed by atoms with E-state index in [2.05, 4.69) is 15.3 Å². The van der Waals surface area contributed by atoms with E-state index >= 15 is 0 Å². The van der Waals surface area contributed by atoms with Gasteiger partial charge in [-0.25, -0.2) is 4.98 Å². The molecular formula is C18H22N4O2. The maximum Gasteiger partial charge on any atom is 0.274 e. The van der Waals surface area contributed by atoms with Gasteiger partial charge in [-0.3, -0.25) is 14.6 Å². The van der Waals surface area contributed by atoms with E-state index in [-0.39, 0.29) is 23.9 Å². The molecule has 1 aromatic heterocycles. The van der Waals surface area contributed by atoms with E-state index in [1.807, 2.05) is 37.3 Å². The molecule has 0 radical (unpaired) electrons. The minimum absolute atomic E-state index is 0.0538. The van der Waals surface area contributed by atoms with Gasteiger partial charge in [0.05, 0.1) is 6.20 Å². The maximum atomic E-state index is 12.7. The summed E-state index contributed by atoms with van der Waals surface area (Å²) >= 11 is 0. The highest BCUT2D eigenvalue weighted by molar-refractivity contribution is 5.92. The van der Waals surface area contributed by atoms with E-state index in [0.717, 1.165) is 12.0 Å². The summed E-state index contributed by atoms with van der Waals surface area (Å²) in [4.78, 5) is 34.1. The first kappa shape index (κ1) is 17.6. The van der Waals surface area contributed by atoms with Crippen LogP contribution in [0.3, 0.4) is 0 Å². The van der Waals surface area contributed by atoms with E-state index in [1.54, 1.807) is 4.90 Å². The molecule has 126 valence electrons. The highest BCUT2D eigenvalue weighted by atomic mass is 16.2. The number of rotatable bonds is 8. The molecule has 0 fully saturated rings. The van der Waals surface area contributed by atoms with Crippen LogP contribution in [0.15, 0.2) is 48.9 Å². The first-order valence-corrected chi connectivity index (χ1v) is 8.06. The van der Waals surface area contributed by atoms with Crippen molar-refractivity contribution in [2.45, 2.75) is 26.3 Å². The van der Waals surface area contributed by atoms with Gasteiger partial charge >= 0.3 is 0 Å². The van der Waals surface area contributed by atoms with Crippen LogP contribution >= 0.6 is 0 Å². The molecule has 1 aromatic carbocycles. The normalized spacial score (nSPS) is 10.2. The van der Waals surface area contributed by atoms with Crippen LogP contribution < -0.4 is 5.32 Å². The fourth-order valence-corrected chi connectivity index (χ4v) is 2.22. The molecule has 0 saturated carbocycles. The zero-order chi connectivity index (χ0) is 17.2. The van der Waals surface area contributed by atoms with Gasteiger partial charge in [-0.15, -0.1) is 0 Å². The van der Waals surface area contributed by atoms with Crippen molar-refractivity contribution in [3.63, 3.8) is 0 Å². The molecule has 2 amide bonds. The average Bonchev–Trinajstić information content (AvgIpc) is 2.64. The van der Waals surface area contributed by atoms with Crippen molar-refractivity contribution in [2.75, 3.05) is 13.1 Å². The van der Waals surface area contributed by atoms with Crippen LogP contribution in [0.4, 0.5) is 0 Å².